The molecule has 0 N–H and O–H groups in total. The smallest absolute Gasteiger partial charge is 0.134 e. The van der Waals surface area contributed by atoms with Gasteiger partial charge in [0.2, 0.25) is 0 Å². The van der Waals surface area contributed by atoms with Crippen molar-refractivity contribution in [3.8, 4) is 0 Å². The van der Waals surface area contributed by atoms with Gasteiger partial charge in [-0.1, -0.05) is 90.0 Å². The zero-order valence-corrected chi connectivity index (χ0v) is 22.9. The van der Waals surface area contributed by atoms with Crippen LogP contribution >= 0.6 is 0 Å². The van der Waals surface area contributed by atoms with Gasteiger partial charge >= 0.3 is 0 Å². The number of carbonyl (C=O) groups is 2. The van der Waals surface area contributed by atoms with Crippen LogP contribution in [0.15, 0.2) is 78.9 Å². The van der Waals surface area contributed by atoms with Crippen LogP contribution in [-0.2, 0) is 9.59 Å². The summed E-state index contributed by atoms with van der Waals surface area (Å²) in [6.45, 7) is 8.40. The van der Waals surface area contributed by atoms with Crippen molar-refractivity contribution >= 4 is 11.6 Å². The minimum absolute atomic E-state index is 0.148. The highest BCUT2D eigenvalue weighted by atomic mass is 16.1. The van der Waals surface area contributed by atoms with Crippen LogP contribution in [0.1, 0.15) is 78.3 Å². The lowest BCUT2D eigenvalue weighted by Gasteiger charge is -2.61. The fourth-order valence-electron chi connectivity index (χ4n) is 8.10. The molecule has 0 radical (unpaired) electrons. The van der Waals surface area contributed by atoms with Crippen LogP contribution in [0.2, 0.25) is 0 Å². The second-order valence-corrected chi connectivity index (χ2v) is 12.4. The number of likely N-dealkylation sites (tertiary alicyclic amines) is 1. The summed E-state index contributed by atoms with van der Waals surface area (Å²) in [5, 5.41) is 0. The van der Waals surface area contributed by atoms with E-state index in [-0.39, 0.29) is 35.1 Å². The minimum atomic E-state index is -0.275. The van der Waals surface area contributed by atoms with Crippen LogP contribution in [0, 0.1) is 31.1 Å². The van der Waals surface area contributed by atoms with Gasteiger partial charge in [-0.05, 0) is 66.5 Å². The molecule has 3 fully saturated rings. The third-order valence-electron chi connectivity index (χ3n) is 10.1. The quantitative estimate of drug-likeness (QED) is 0.376. The lowest BCUT2D eigenvalue weighted by atomic mass is 9.46. The molecule has 1 unspecified atom stereocenters. The molecule has 3 heteroatoms. The van der Waals surface area contributed by atoms with Crippen LogP contribution in [0.3, 0.4) is 0 Å². The average molecular weight is 506 g/mol. The lowest BCUT2D eigenvalue weighted by molar-refractivity contribution is -0.152. The van der Waals surface area contributed by atoms with Crippen molar-refractivity contribution in [1.29, 1.82) is 0 Å². The van der Waals surface area contributed by atoms with Gasteiger partial charge in [-0.3, -0.25) is 14.5 Å². The van der Waals surface area contributed by atoms with Crippen LogP contribution in [0.25, 0.3) is 0 Å². The molecule has 1 saturated heterocycles. The molecule has 3 aromatic rings. The summed E-state index contributed by atoms with van der Waals surface area (Å²) in [6.07, 6.45) is 2.26. The van der Waals surface area contributed by atoms with Gasteiger partial charge in [0.15, 0.2) is 0 Å². The Kier molecular flexibility index (Phi) is 6.60. The Balaban J connectivity index is 1.47. The van der Waals surface area contributed by atoms with E-state index in [2.05, 4.69) is 105 Å². The number of rotatable bonds is 4. The Morgan fingerprint density at radius 1 is 0.684 bits per heavy atom. The fourth-order valence-corrected chi connectivity index (χ4v) is 8.10. The number of Topliss-reactive ketones (excluding diaryl/α,β-unsaturated/α-hetero) is 2. The van der Waals surface area contributed by atoms with Gasteiger partial charge in [0, 0.05) is 44.8 Å². The minimum Gasteiger partial charge on any atom is -0.300 e. The van der Waals surface area contributed by atoms with Gasteiger partial charge < -0.3 is 0 Å². The molecule has 1 spiro atoms. The average Bonchev–Trinajstić information content (AvgIpc) is 2.92. The first-order valence-corrected chi connectivity index (χ1v) is 14.3. The largest absolute Gasteiger partial charge is 0.300 e. The maximum Gasteiger partial charge on any atom is 0.134 e. The van der Waals surface area contributed by atoms with E-state index in [1.807, 2.05) is 0 Å². The molecule has 3 nitrogen and oxygen atoms in total. The third kappa shape index (κ3) is 4.45. The molecule has 3 aromatic carbocycles. The van der Waals surface area contributed by atoms with E-state index in [0.29, 0.717) is 37.2 Å². The van der Waals surface area contributed by atoms with Crippen molar-refractivity contribution in [2.75, 3.05) is 13.1 Å². The monoisotopic (exact) mass is 505 g/mol. The summed E-state index contributed by atoms with van der Waals surface area (Å²) < 4.78 is 0. The molecular formula is C35H39NO2. The van der Waals surface area contributed by atoms with Gasteiger partial charge in [-0.2, -0.15) is 0 Å². The van der Waals surface area contributed by atoms with Crippen molar-refractivity contribution in [3.05, 3.63) is 107 Å². The number of nitrogens with zero attached hydrogens (tertiary/aromatic N) is 1. The first kappa shape index (κ1) is 25.2. The number of carbonyl (C=O) groups excluding carboxylic acids is 2. The highest BCUT2D eigenvalue weighted by molar-refractivity contribution is 5.86. The summed E-state index contributed by atoms with van der Waals surface area (Å²) in [7, 11) is 0. The van der Waals surface area contributed by atoms with Gasteiger partial charge in [-0.15, -0.1) is 0 Å². The number of benzene rings is 3. The molecule has 2 aliphatic carbocycles. The SMILES string of the molecule is Cc1ccc([C@H]2CC(=O)CC34CC(=O)C[C@@H](c5ccc(C)cc5)[C@H]3CN([C@H](C)c3ccccc3)C[C@H]24)cc1. The van der Waals surface area contributed by atoms with Gasteiger partial charge in [0.05, 0.1) is 0 Å². The summed E-state index contributed by atoms with van der Waals surface area (Å²) in [4.78, 5) is 29.7. The second-order valence-electron chi connectivity index (χ2n) is 12.4. The van der Waals surface area contributed by atoms with E-state index in [9.17, 15) is 9.59 Å². The highest BCUT2D eigenvalue weighted by Gasteiger charge is 2.60. The third-order valence-corrected chi connectivity index (χ3v) is 10.1. The molecular weight excluding hydrogens is 466 g/mol. The summed E-state index contributed by atoms with van der Waals surface area (Å²) in [5.41, 5.74) is 6.04. The van der Waals surface area contributed by atoms with Crippen molar-refractivity contribution < 1.29 is 9.59 Å². The van der Waals surface area contributed by atoms with Gasteiger partial charge in [-0.25, -0.2) is 0 Å². The van der Waals surface area contributed by atoms with Crippen molar-refractivity contribution in [1.82, 2.24) is 4.90 Å². The van der Waals surface area contributed by atoms with E-state index in [1.165, 1.54) is 27.8 Å². The first-order valence-electron chi connectivity index (χ1n) is 14.3. The number of aryl methyl sites for hydroxylation is 2. The standard InChI is InChI=1S/C35H39NO2/c1-23-9-13-27(14-10-23)31-17-29(37)19-35-20-30(38)18-32(28-15-11-24(2)12-16-28)34(35)22-36(21-33(31)35)25(3)26-7-5-4-6-8-26/h4-16,25,31-34H,17-22H2,1-3H3/t25-,31-,32+,33-,34-,35?/m1/s1. The maximum absolute atomic E-state index is 13.5. The Bertz CT molecular complexity index is 1230. The zero-order chi connectivity index (χ0) is 26.4. The molecule has 1 heterocycles. The highest BCUT2D eigenvalue weighted by Crippen LogP contribution is 2.62. The number of ketones is 2. The van der Waals surface area contributed by atoms with Crippen LogP contribution in [0.4, 0.5) is 0 Å². The van der Waals surface area contributed by atoms with Crippen LogP contribution in [0.5, 0.6) is 0 Å². The number of hydrogen-bond acceptors (Lipinski definition) is 3. The van der Waals surface area contributed by atoms with E-state index in [0.717, 1.165) is 13.1 Å². The first-order chi connectivity index (χ1) is 18.3. The second kappa shape index (κ2) is 9.93. The summed E-state index contributed by atoms with van der Waals surface area (Å²) >= 11 is 0. The zero-order valence-electron chi connectivity index (χ0n) is 22.9. The fraction of sp³-hybridized carbons (Fsp3) is 0.429. The normalized spacial score (nSPS) is 30.4. The predicted molar refractivity (Wildman–Crippen MR) is 152 cm³/mol. The van der Waals surface area contributed by atoms with E-state index >= 15 is 0 Å². The Morgan fingerprint density at radius 3 is 1.58 bits per heavy atom. The topological polar surface area (TPSA) is 37.4 Å². The predicted octanol–water partition coefficient (Wildman–Crippen LogP) is 7.19. The molecule has 6 rings (SSSR count). The summed E-state index contributed by atoms with van der Waals surface area (Å²) in [6, 6.07) is 28.7. The van der Waals surface area contributed by atoms with Gasteiger partial charge in [0.1, 0.15) is 11.6 Å². The lowest BCUT2D eigenvalue weighted by Crippen LogP contribution is -2.62. The molecule has 38 heavy (non-hydrogen) atoms. The molecule has 1 aliphatic heterocycles. The Hall–Kier alpha value is -3.04. The van der Waals surface area contributed by atoms with Crippen molar-refractivity contribution in [3.63, 3.8) is 0 Å². The molecule has 2 saturated carbocycles. The number of hydrogen-bond donors (Lipinski definition) is 0. The van der Waals surface area contributed by atoms with E-state index in [1.54, 1.807) is 0 Å². The van der Waals surface area contributed by atoms with E-state index in [4.69, 9.17) is 0 Å². The maximum atomic E-state index is 13.5. The molecule has 196 valence electrons. The Morgan fingerprint density at radius 2 is 1.13 bits per heavy atom. The molecule has 0 bridgehead atoms. The van der Waals surface area contributed by atoms with Crippen molar-refractivity contribution in [2.24, 2.45) is 17.3 Å². The molecule has 0 aromatic heterocycles. The van der Waals surface area contributed by atoms with Crippen LogP contribution < -0.4 is 0 Å². The van der Waals surface area contributed by atoms with Crippen LogP contribution in [-0.4, -0.2) is 29.6 Å². The van der Waals surface area contributed by atoms with E-state index < -0.39 is 0 Å². The van der Waals surface area contributed by atoms with Gasteiger partial charge in [0.25, 0.3) is 0 Å². The number of piperidine rings is 1. The van der Waals surface area contributed by atoms with Crippen molar-refractivity contribution in [2.45, 2.75) is 64.3 Å². The molecule has 6 atom stereocenters. The summed E-state index contributed by atoms with van der Waals surface area (Å²) in [5.74, 6) is 1.50. The Labute approximate surface area is 227 Å². The molecule has 0 amide bonds. The molecule has 3 aliphatic rings.